The standard InChI is InChI=1S/C23H24FN3O3S/c1-29-20-8-7-16(13-21(20)30-2)22-25-19(15-31-22)23(28)27-11-9-26(10-12-27)14-17-5-3-4-6-18(17)24/h3-8,13,15H,9-12,14H2,1-2H3. The minimum Gasteiger partial charge on any atom is -0.493 e. The first kappa shape index (κ1) is 21.3. The molecule has 1 aliphatic rings. The van der Waals surface area contributed by atoms with E-state index in [4.69, 9.17) is 9.47 Å². The van der Waals surface area contributed by atoms with Crippen LogP contribution in [-0.4, -0.2) is 61.1 Å². The highest BCUT2D eigenvalue weighted by Crippen LogP contribution is 2.33. The number of hydrogen-bond donors (Lipinski definition) is 0. The lowest BCUT2D eigenvalue weighted by Gasteiger charge is -2.34. The van der Waals surface area contributed by atoms with Crippen molar-refractivity contribution in [2.24, 2.45) is 0 Å². The number of benzene rings is 2. The van der Waals surface area contributed by atoms with Gasteiger partial charge in [0.15, 0.2) is 11.5 Å². The molecule has 8 heteroatoms. The first-order valence-electron chi connectivity index (χ1n) is 10.0. The molecule has 0 atom stereocenters. The van der Waals surface area contributed by atoms with Gasteiger partial charge in [-0.1, -0.05) is 18.2 Å². The molecule has 3 aromatic rings. The third-order valence-corrected chi connectivity index (χ3v) is 6.26. The molecular weight excluding hydrogens is 417 g/mol. The van der Waals surface area contributed by atoms with Crippen molar-refractivity contribution in [2.45, 2.75) is 6.54 Å². The van der Waals surface area contributed by atoms with Crippen LogP contribution in [-0.2, 0) is 6.54 Å². The molecule has 0 aliphatic carbocycles. The van der Waals surface area contributed by atoms with Gasteiger partial charge in [-0.05, 0) is 24.3 Å². The summed E-state index contributed by atoms with van der Waals surface area (Å²) < 4.78 is 24.5. The zero-order chi connectivity index (χ0) is 21.8. The molecule has 31 heavy (non-hydrogen) atoms. The van der Waals surface area contributed by atoms with E-state index in [1.165, 1.54) is 17.4 Å². The Bertz CT molecular complexity index is 1060. The van der Waals surface area contributed by atoms with E-state index in [1.807, 2.05) is 29.2 Å². The average molecular weight is 442 g/mol. The molecule has 1 fully saturated rings. The largest absolute Gasteiger partial charge is 0.493 e. The molecule has 162 valence electrons. The summed E-state index contributed by atoms with van der Waals surface area (Å²) in [5.41, 5.74) is 2.00. The number of carbonyl (C=O) groups is 1. The van der Waals surface area contributed by atoms with Crippen LogP contribution in [0.4, 0.5) is 4.39 Å². The smallest absolute Gasteiger partial charge is 0.273 e. The number of aromatic nitrogens is 1. The topological polar surface area (TPSA) is 54.9 Å². The fourth-order valence-electron chi connectivity index (χ4n) is 3.61. The molecule has 1 amide bonds. The van der Waals surface area contributed by atoms with E-state index < -0.39 is 0 Å². The van der Waals surface area contributed by atoms with Crippen molar-refractivity contribution < 1.29 is 18.7 Å². The van der Waals surface area contributed by atoms with E-state index in [9.17, 15) is 9.18 Å². The van der Waals surface area contributed by atoms with Crippen molar-refractivity contribution in [1.29, 1.82) is 0 Å². The van der Waals surface area contributed by atoms with Crippen LogP contribution >= 0.6 is 11.3 Å². The Kier molecular flexibility index (Phi) is 6.48. The second-order valence-corrected chi connectivity index (χ2v) is 8.13. The number of rotatable bonds is 6. The van der Waals surface area contributed by atoms with Crippen molar-refractivity contribution >= 4 is 17.2 Å². The predicted molar refractivity (Wildman–Crippen MR) is 118 cm³/mol. The first-order valence-corrected chi connectivity index (χ1v) is 10.9. The van der Waals surface area contributed by atoms with Crippen molar-refractivity contribution in [3.05, 3.63) is 64.9 Å². The van der Waals surface area contributed by atoms with E-state index in [0.29, 0.717) is 55.5 Å². The van der Waals surface area contributed by atoms with Crippen LogP contribution in [0.15, 0.2) is 47.8 Å². The highest BCUT2D eigenvalue weighted by atomic mass is 32.1. The number of nitrogens with zero attached hydrogens (tertiary/aromatic N) is 3. The van der Waals surface area contributed by atoms with Gasteiger partial charge in [-0.25, -0.2) is 9.37 Å². The van der Waals surface area contributed by atoms with Crippen molar-refractivity contribution in [3.63, 3.8) is 0 Å². The number of ether oxygens (including phenoxy) is 2. The van der Waals surface area contributed by atoms with Crippen molar-refractivity contribution in [1.82, 2.24) is 14.8 Å². The Morgan fingerprint density at radius 3 is 2.52 bits per heavy atom. The SMILES string of the molecule is COc1ccc(-c2nc(C(=O)N3CCN(Cc4ccccc4F)CC3)cs2)cc1OC. The van der Waals surface area contributed by atoms with Crippen LogP contribution in [0.5, 0.6) is 11.5 Å². The quantitative estimate of drug-likeness (QED) is 0.580. The van der Waals surface area contributed by atoms with Gasteiger partial charge in [0.25, 0.3) is 5.91 Å². The van der Waals surface area contributed by atoms with Crippen LogP contribution in [0, 0.1) is 5.82 Å². The van der Waals surface area contributed by atoms with Crippen LogP contribution in [0.25, 0.3) is 10.6 Å². The summed E-state index contributed by atoms with van der Waals surface area (Å²) in [5, 5.41) is 2.54. The minimum atomic E-state index is -0.189. The van der Waals surface area contributed by atoms with Gasteiger partial charge in [0.2, 0.25) is 0 Å². The molecule has 6 nitrogen and oxygen atoms in total. The summed E-state index contributed by atoms with van der Waals surface area (Å²) in [6.07, 6.45) is 0. The molecule has 1 saturated heterocycles. The number of thiazole rings is 1. The normalized spacial score (nSPS) is 14.5. The molecule has 4 rings (SSSR count). The number of piperazine rings is 1. The Morgan fingerprint density at radius 2 is 1.81 bits per heavy atom. The molecule has 0 N–H and O–H groups in total. The molecule has 2 aromatic carbocycles. The Hall–Kier alpha value is -2.97. The zero-order valence-electron chi connectivity index (χ0n) is 17.5. The van der Waals surface area contributed by atoms with Crippen LogP contribution in [0.2, 0.25) is 0 Å². The molecule has 2 heterocycles. The number of hydrogen-bond acceptors (Lipinski definition) is 6. The van der Waals surface area contributed by atoms with E-state index in [1.54, 1.807) is 31.7 Å². The van der Waals surface area contributed by atoms with Gasteiger partial charge >= 0.3 is 0 Å². The summed E-state index contributed by atoms with van der Waals surface area (Å²) >= 11 is 1.42. The Labute approximate surface area is 184 Å². The van der Waals surface area contributed by atoms with E-state index in [-0.39, 0.29) is 11.7 Å². The van der Waals surface area contributed by atoms with E-state index >= 15 is 0 Å². The molecular formula is C23H24FN3O3S. The molecule has 0 spiro atoms. The van der Waals surface area contributed by atoms with Gasteiger partial charge in [-0.2, -0.15) is 0 Å². The second-order valence-electron chi connectivity index (χ2n) is 7.27. The molecule has 1 aromatic heterocycles. The highest BCUT2D eigenvalue weighted by molar-refractivity contribution is 7.13. The Morgan fingerprint density at radius 1 is 1.06 bits per heavy atom. The van der Waals surface area contributed by atoms with Crippen molar-refractivity contribution in [3.8, 4) is 22.1 Å². The lowest BCUT2D eigenvalue weighted by atomic mass is 10.2. The summed E-state index contributed by atoms with van der Waals surface area (Å²) in [6, 6.07) is 12.4. The monoisotopic (exact) mass is 441 g/mol. The highest BCUT2D eigenvalue weighted by Gasteiger charge is 2.24. The number of halogens is 1. The van der Waals surface area contributed by atoms with E-state index in [0.717, 1.165) is 10.6 Å². The molecule has 0 saturated carbocycles. The lowest BCUT2D eigenvalue weighted by Crippen LogP contribution is -2.48. The van der Waals surface area contributed by atoms with Gasteiger partial charge in [0.1, 0.15) is 16.5 Å². The summed E-state index contributed by atoms with van der Waals surface area (Å²) in [5.74, 6) is 1.00. The zero-order valence-corrected chi connectivity index (χ0v) is 18.3. The van der Waals surface area contributed by atoms with Crippen LogP contribution < -0.4 is 9.47 Å². The second kappa shape index (κ2) is 9.45. The minimum absolute atomic E-state index is 0.0754. The average Bonchev–Trinajstić information content (AvgIpc) is 3.30. The third-order valence-electron chi connectivity index (χ3n) is 5.37. The summed E-state index contributed by atoms with van der Waals surface area (Å²) in [6.45, 7) is 3.14. The maximum Gasteiger partial charge on any atom is 0.273 e. The number of carbonyl (C=O) groups excluding carboxylic acids is 1. The fourth-order valence-corrected chi connectivity index (χ4v) is 4.40. The van der Waals surface area contributed by atoms with Gasteiger partial charge < -0.3 is 14.4 Å². The van der Waals surface area contributed by atoms with Crippen LogP contribution in [0.3, 0.4) is 0 Å². The van der Waals surface area contributed by atoms with Gasteiger partial charge in [-0.15, -0.1) is 11.3 Å². The molecule has 0 bridgehead atoms. The van der Waals surface area contributed by atoms with Crippen molar-refractivity contribution in [2.75, 3.05) is 40.4 Å². The molecule has 1 aliphatic heterocycles. The third kappa shape index (κ3) is 4.70. The summed E-state index contributed by atoms with van der Waals surface area (Å²) in [4.78, 5) is 21.5. The predicted octanol–water partition coefficient (Wildman–Crippen LogP) is 3.92. The van der Waals surface area contributed by atoms with Gasteiger partial charge in [0, 0.05) is 49.2 Å². The fraction of sp³-hybridized carbons (Fsp3) is 0.304. The molecule has 0 radical (unpaired) electrons. The van der Waals surface area contributed by atoms with Crippen LogP contribution in [0.1, 0.15) is 16.1 Å². The van der Waals surface area contributed by atoms with Gasteiger partial charge in [0.05, 0.1) is 14.2 Å². The number of methoxy groups -OCH3 is 2. The maximum atomic E-state index is 13.9. The lowest BCUT2D eigenvalue weighted by molar-refractivity contribution is 0.0622. The molecule has 0 unspecified atom stereocenters. The first-order chi connectivity index (χ1) is 15.1. The Balaban J connectivity index is 1.39. The van der Waals surface area contributed by atoms with E-state index in [2.05, 4.69) is 9.88 Å². The number of amides is 1. The maximum absolute atomic E-state index is 13.9. The summed E-state index contributed by atoms with van der Waals surface area (Å²) in [7, 11) is 3.18. The van der Waals surface area contributed by atoms with Gasteiger partial charge in [-0.3, -0.25) is 9.69 Å².